The SMILES string of the molecule is Nc1ccc(CC(=O)c2c(Cl)cccc2Br)cc1. The molecule has 92 valence electrons. The number of hydrogen-bond donors (Lipinski definition) is 1. The minimum Gasteiger partial charge on any atom is -0.399 e. The van der Waals surface area contributed by atoms with Crippen LogP contribution in [0.5, 0.6) is 0 Å². The summed E-state index contributed by atoms with van der Waals surface area (Å²) in [5, 5.41) is 0.463. The maximum atomic E-state index is 12.2. The summed E-state index contributed by atoms with van der Waals surface area (Å²) >= 11 is 9.39. The maximum Gasteiger partial charge on any atom is 0.169 e. The Morgan fingerprint density at radius 3 is 2.44 bits per heavy atom. The van der Waals surface area contributed by atoms with Gasteiger partial charge in [-0.3, -0.25) is 4.79 Å². The van der Waals surface area contributed by atoms with E-state index in [1.54, 1.807) is 24.3 Å². The van der Waals surface area contributed by atoms with Crippen molar-refractivity contribution in [3.8, 4) is 0 Å². The highest BCUT2D eigenvalue weighted by Gasteiger charge is 2.14. The van der Waals surface area contributed by atoms with Crippen LogP contribution in [0, 0.1) is 0 Å². The van der Waals surface area contributed by atoms with Crippen LogP contribution in [0.3, 0.4) is 0 Å². The summed E-state index contributed by atoms with van der Waals surface area (Å²) in [6.45, 7) is 0. The van der Waals surface area contributed by atoms with E-state index in [4.69, 9.17) is 17.3 Å². The van der Waals surface area contributed by atoms with Crippen molar-refractivity contribution >= 4 is 39.0 Å². The van der Waals surface area contributed by atoms with E-state index in [0.717, 1.165) is 10.0 Å². The molecule has 2 aromatic carbocycles. The third-order valence-corrected chi connectivity index (χ3v) is 3.56. The van der Waals surface area contributed by atoms with Crippen LogP contribution in [0.1, 0.15) is 15.9 Å². The van der Waals surface area contributed by atoms with Gasteiger partial charge < -0.3 is 5.73 Å². The highest BCUT2D eigenvalue weighted by Crippen LogP contribution is 2.26. The van der Waals surface area contributed by atoms with Gasteiger partial charge in [-0.15, -0.1) is 0 Å². The fourth-order valence-corrected chi connectivity index (χ4v) is 2.65. The van der Waals surface area contributed by atoms with Crippen LogP contribution in [0.4, 0.5) is 5.69 Å². The number of ketones is 1. The van der Waals surface area contributed by atoms with E-state index in [0.29, 0.717) is 22.7 Å². The number of benzene rings is 2. The van der Waals surface area contributed by atoms with Gasteiger partial charge >= 0.3 is 0 Å². The van der Waals surface area contributed by atoms with Crippen molar-refractivity contribution in [3.05, 3.63) is 63.1 Å². The second-order valence-corrected chi connectivity index (χ2v) is 5.20. The predicted octanol–water partition coefficient (Wildman–Crippen LogP) is 4.11. The van der Waals surface area contributed by atoms with Crippen molar-refractivity contribution in [1.82, 2.24) is 0 Å². The molecule has 0 fully saturated rings. The quantitative estimate of drug-likeness (QED) is 0.682. The second kappa shape index (κ2) is 5.55. The molecule has 0 aliphatic carbocycles. The van der Waals surface area contributed by atoms with Gasteiger partial charge in [-0.2, -0.15) is 0 Å². The summed E-state index contributed by atoms with van der Waals surface area (Å²) in [5.74, 6) is -0.0164. The lowest BCUT2D eigenvalue weighted by Crippen LogP contribution is -2.05. The first-order chi connectivity index (χ1) is 8.58. The van der Waals surface area contributed by atoms with Gasteiger partial charge in [-0.1, -0.05) is 29.8 Å². The van der Waals surface area contributed by atoms with Gasteiger partial charge in [-0.25, -0.2) is 0 Å². The molecule has 0 radical (unpaired) electrons. The molecule has 0 aliphatic heterocycles. The lowest BCUT2D eigenvalue weighted by atomic mass is 10.0. The molecular weight excluding hydrogens is 314 g/mol. The molecule has 0 atom stereocenters. The Hall–Kier alpha value is -1.32. The van der Waals surface area contributed by atoms with E-state index in [1.165, 1.54) is 0 Å². The molecule has 2 rings (SSSR count). The summed E-state index contributed by atoms with van der Waals surface area (Å²) < 4.78 is 0.718. The third kappa shape index (κ3) is 2.92. The minimum atomic E-state index is -0.0164. The first-order valence-corrected chi connectivity index (χ1v) is 6.56. The molecule has 2 N–H and O–H groups in total. The summed E-state index contributed by atoms with van der Waals surface area (Å²) in [5.41, 5.74) is 7.73. The number of halogens is 2. The number of anilines is 1. The van der Waals surface area contributed by atoms with Crippen LogP contribution in [-0.2, 0) is 6.42 Å². The first kappa shape index (κ1) is 13.1. The highest BCUT2D eigenvalue weighted by atomic mass is 79.9. The molecule has 0 amide bonds. The molecule has 0 aliphatic rings. The molecule has 4 heteroatoms. The Labute approximate surface area is 119 Å². The van der Waals surface area contributed by atoms with Crippen LogP contribution in [0.25, 0.3) is 0 Å². The molecule has 0 saturated carbocycles. The van der Waals surface area contributed by atoms with Crippen molar-refractivity contribution in [3.63, 3.8) is 0 Å². The zero-order valence-corrected chi connectivity index (χ0v) is 11.8. The van der Waals surface area contributed by atoms with Crippen molar-refractivity contribution < 1.29 is 4.79 Å². The van der Waals surface area contributed by atoms with E-state index < -0.39 is 0 Å². The molecule has 2 nitrogen and oxygen atoms in total. The van der Waals surface area contributed by atoms with Crippen molar-refractivity contribution in [1.29, 1.82) is 0 Å². The standard InChI is InChI=1S/C14H11BrClNO/c15-11-2-1-3-12(16)14(11)13(18)8-9-4-6-10(17)7-5-9/h1-7H,8,17H2. The Kier molecular flexibility index (Phi) is 4.04. The van der Waals surface area contributed by atoms with Gasteiger partial charge in [0.05, 0.1) is 10.6 Å². The topological polar surface area (TPSA) is 43.1 Å². The fraction of sp³-hybridized carbons (Fsp3) is 0.0714. The van der Waals surface area contributed by atoms with E-state index >= 15 is 0 Å². The second-order valence-electron chi connectivity index (χ2n) is 3.94. The molecule has 0 heterocycles. The number of nitrogens with two attached hydrogens (primary N) is 1. The molecule has 0 saturated heterocycles. The third-order valence-electron chi connectivity index (χ3n) is 2.59. The molecule has 2 aromatic rings. The summed E-state index contributed by atoms with van der Waals surface area (Å²) in [6.07, 6.45) is 0.308. The van der Waals surface area contributed by atoms with Crippen molar-refractivity contribution in [2.24, 2.45) is 0 Å². The maximum absolute atomic E-state index is 12.2. The monoisotopic (exact) mass is 323 g/mol. The lowest BCUT2D eigenvalue weighted by molar-refractivity contribution is 0.0992. The number of nitrogen functional groups attached to an aromatic ring is 1. The smallest absolute Gasteiger partial charge is 0.169 e. The summed E-state index contributed by atoms with van der Waals surface area (Å²) in [7, 11) is 0. The fourth-order valence-electron chi connectivity index (χ4n) is 1.67. The van der Waals surface area contributed by atoms with E-state index in [-0.39, 0.29) is 5.78 Å². The lowest BCUT2D eigenvalue weighted by Gasteiger charge is -2.06. The highest BCUT2D eigenvalue weighted by molar-refractivity contribution is 9.10. The average molecular weight is 325 g/mol. The van der Waals surface area contributed by atoms with Crippen LogP contribution in [0.2, 0.25) is 5.02 Å². The predicted molar refractivity (Wildman–Crippen MR) is 78.0 cm³/mol. The first-order valence-electron chi connectivity index (χ1n) is 5.39. The summed E-state index contributed by atoms with van der Waals surface area (Å²) in [6, 6.07) is 12.6. The normalized spacial score (nSPS) is 10.3. The van der Waals surface area contributed by atoms with Gasteiger partial charge in [-0.05, 0) is 45.8 Å². The van der Waals surface area contributed by atoms with Gasteiger partial charge in [0.15, 0.2) is 5.78 Å². The Bertz CT molecular complexity index is 561. The molecule has 0 spiro atoms. The minimum absolute atomic E-state index is 0.0164. The van der Waals surface area contributed by atoms with Gasteiger partial charge in [0.25, 0.3) is 0 Å². The number of hydrogen-bond acceptors (Lipinski definition) is 2. The zero-order chi connectivity index (χ0) is 13.1. The number of carbonyl (C=O) groups excluding carboxylic acids is 1. The molecule has 0 unspecified atom stereocenters. The van der Waals surface area contributed by atoms with Gasteiger partial charge in [0.2, 0.25) is 0 Å². The van der Waals surface area contributed by atoms with E-state index in [1.807, 2.05) is 18.2 Å². The molecule has 0 bridgehead atoms. The van der Waals surface area contributed by atoms with E-state index in [9.17, 15) is 4.79 Å². The van der Waals surface area contributed by atoms with Crippen LogP contribution in [-0.4, -0.2) is 5.78 Å². The Balaban J connectivity index is 2.25. The van der Waals surface area contributed by atoms with Crippen molar-refractivity contribution in [2.75, 3.05) is 5.73 Å². The summed E-state index contributed by atoms with van der Waals surface area (Å²) in [4.78, 5) is 12.2. The Morgan fingerprint density at radius 2 is 1.83 bits per heavy atom. The number of carbonyl (C=O) groups is 1. The molecule has 18 heavy (non-hydrogen) atoms. The molecule has 0 aromatic heterocycles. The van der Waals surface area contributed by atoms with Crippen molar-refractivity contribution in [2.45, 2.75) is 6.42 Å². The van der Waals surface area contributed by atoms with Gasteiger partial charge in [0.1, 0.15) is 0 Å². The van der Waals surface area contributed by atoms with E-state index in [2.05, 4.69) is 15.9 Å². The Morgan fingerprint density at radius 1 is 1.17 bits per heavy atom. The average Bonchev–Trinajstić information content (AvgIpc) is 2.32. The van der Waals surface area contributed by atoms with Crippen LogP contribution in [0.15, 0.2) is 46.9 Å². The number of rotatable bonds is 3. The van der Waals surface area contributed by atoms with Crippen LogP contribution < -0.4 is 5.73 Å². The largest absolute Gasteiger partial charge is 0.399 e. The molecular formula is C14H11BrClNO. The van der Waals surface area contributed by atoms with Crippen LogP contribution >= 0.6 is 27.5 Å². The van der Waals surface area contributed by atoms with Gasteiger partial charge in [0, 0.05) is 16.6 Å². The zero-order valence-electron chi connectivity index (χ0n) is 9.49. The number of Topliss-reactive ketones (excluding diaryl/α,β-unsaturated/α-hetero) is 1.